The average Bonchev–Trinajstić information content (AvgIpc) is 2.67. The number of aromatic amines is 1. The van der Waals surface area contributed by atoms with Crippen LogP contribution < -0.4 is 11.1 Å². The monoisotopic (exact) mass is 234 g/mol. The first kappa shape index (κ1) is 11.6. The van der Waals surface area contributed by atoms with Crippen molar-refractivity contribution < 1.29 is 9.90 Å². The van der Waals surface area contributed by atoms with Crippen molar-refractivity contribution in [1.29, 1.82) is 0 Å². The number of H-pyrrole nitrogens is 1. The number of carbonyl (C=O) groups excluding carboxylic acids is 1. The lowest BCUT2D eigenvalue weighted by molar-refractivity contribution is -0.118. The molecule has 0 radical (unpaired) electrons. The number of aryl methyl sites for hydroxylation is 1. The van der Waals surface area contributed by atoms with E-state index >= 15 is 0 Å². The number of nitrogens with one attached hydrogen (secondary N) is 2. The van der Waals surface area contributed by atoms with E-state index in [0.29, 0.717) is 5.69 Å². The summed E-state index contributed by atoms with van der Waals surface area (Å²) in [6, 6.07) is 4.41. The number of hydrogen-bond acceptors (Lipinski definition) is 4. The second-order valence-corrected chi connectivity index (χ2v) is 3.83. The molecule has 2 aromatic rings. The van der Waals surface area contributed by atoms with Gasteiger partial charge in [0.2, 0.25) is 5.91 Å². The molecule has 1 unspecified atom stereocenters. The van der Waals surface area contributed by atoms with Gasteiger partial charge in [0.1, 0.15) is 11.9 Å². The molecule has 0 bridgehead atoms. The summed E-state index contributed by atoms with van der Waals surface area (Å²) in [7, 11) is 0. The Kier molecular flexibility index (Phi) is 3.08. The number of rotatable bonds is 3. The first-order chi connectivity index (χ1) is 8.10. The van der Waals surface area contributed by atoms with Crippen LogP contribution in [0.15, 0.2) is 18.2 Å². The minimum Gasteiger partial charge on any atom is -0.394 e. The SMILES string of the molecule is Cc1nc2ccc(NC(=O)C(N)CO)cc2[nH]1. The van der Waals surface area contributed by atoms with Gasteiger partial charge in [-0.3, -0.25) is 4.79 Å². The maximum absolute atomic E-state index is 11.5. The van der Waals surface area contributed by atoms with Gasteiger partial charge in [0.25, 0.3) is 0 Å². The number of imidazole rings is 1. The van der Waals surface area contributed by atoms with Gasteiger partial charge in [-0.15, -0.1) is 0 Å². The number of benzene rings is 1. The third kappa shape index (κ3) is 2.43. The van der Waals surface area contributed by atoms with Crippen molar-refractivity contribution in [1.82, 2.24) is 9.97 Å². The molecule has 0 aliphatic rings. The van der Waals surface area contributed by atoms with Crippen LogP contribution in [0.1, 0.15) is 5.82 Å². The van der Waals surface area contributed by atoms with E-state index in [1.54, 1.807) is 18.2 Å². The fourth-order valence-electron chi connectivity index (χ4n) is 1.53. The average molecular weight is 234 g/mol. The van der Waals surface area contributed by atoms with E-state index in [4.69, 9.17) is 10.8 Å². The number of carbonyl (C=O) groups is 1. The van der Waals surface area contributed by atoms with Crippen molar-refractivity contribution >= 4 is 22.6 Å². The predicted octanol–water partition coefficient (Wildman–Crippen LogP) is 0.129. The molecule has 17 heavy (non-hydrogen) atoms. The summed E-state index contributed by atoms with van der Waals surface area (Å²) in [5.41, 5.74) is 7.70. The number of nitrogens with two attached hydrogens (primary N) is 1. The number of anilines is 1. The Bertz CT molecular complexity index is 549. The van der Waals surface area contributed by atoms with Crippen molar-refractivity contribution in [3.05, 3.63) is 24.0 Å². The molecule has 1 atom stereocenters. The highest BCUT2D eigenvalue weighted by atomic mass is 16.3. The lowest BCUT2D eigenvalue weighted by Crippen LogP contribution is -2.38. The highest BCUT2D eigenvalue weighted by Gasteiger charge is 2.12. The van der Waals surface area contributed by atoms with Crippen LogP contribution in [0, 0.1) is 6.92 Å². The van der Waals surface area contributed by atoms with Crippen LogP contribution in [-0.2, 0) is 4.79 Å². The number of aromatic nitrogens is 2. The molecule has 0 saturated carbocycles. The molecular weight excluding hydrogens is 220 g/mol. The number of amides is 1. The van der Waals surface area contributed by atoms with Crippen molar-refractivity contribution in [3.8, 4) is 0 Å². The van der Waals surface area contributed by atoms with Crippen LogP contribution in [0.5, 0.6) is 0 Å². The van der Waals surface area contributed by atoms with Gasteiger partial charge in [0.15, 0.2) is 0 Å². The minimum atomic E-state index is -0.908. The first-order valence-electron chi connectivity index (χ1n) is 5.24. The van der Waals surface area contributed by atoms with Crippen LogP contribution in [0.25, 0.3) is 11.0 Å². The van der Waals surface area contributed by atoms with Crippen molar-refractivity contribution in [2.45, 2.75) is 13.0 Å². The smallest absolute Gasteiger partial charge is 0.243 e. The standard InChI is InChI=1S/C11H14N4O2/c1-6-13-9-3-2-7(4-10(9)14-6)15-11(17)8(12)5-16/h2-4,8,16H,5,12H2,1H3,(H,13,14)(H,15,17). The molecule has 0 saturated heterocycles. The number of hydrogen-bond donors (Lipinski definition) is 4. The number of fused-ring (bicyclic) bond motifs is 1. The van der Waals surface area contributed by atoms with Crippen LogP contribution in [0.3, 0.4) is 0 Å². The molecule has 0 aliphatic heterocycles. The Balaban J connectivity index is 2.22. The molecular formula is C11H14N4O2. The van der Waals surface area contributed by atoms with E-state index in [-0.39, 0.29) is 6.61 Å². The van der Waals surface area contributed by atoms with Crippen molar-refractivity contribution in [2.75, 3.05) is 11.9 Å². The van der Waals surface area contributed by atoms with Gasteiger partial charge < -0.3 is 21.1 Å². The normalized spacial score (nSPS) is 12.6. The van der Waals surface area contributed by atoms with E-state index in [2.05, 4.69) is 15.3 Å². The van der Waals surface area contributed by atoms with Gasteiger partial charge in [-0.05, 0) is 25.1 Å². The van der Waals surface area contributed by atoms with E-state index in [1.165, 1.54) is 0 Å². The molecule has 2 rings (SSSR count). The number of aliphatic hydroxyl groups excluding tert-OH is 1. The molecule has 1 aromatic carbocycles. The lowest BCUT2D eigenvalue weighted by Gasteiger charge is -2.09. The Morgan fingerprint density at radius 1 is 1.65 bits per heavy atom. The van der Waals surface area contributed by atoms with Crippen molar-refractivity contribution in [3.63, 3.8) is 0 Å². The van der Waals surface area contributed by atoms with Crippen LogP contribution in [0.4, 0.5) is 5.69 Å². The molecule has 1 heterocycles. The van der Waals surface area contributed by atoms with E-state index < -0.39 is 11.9 Å². The predicted molar refractivity (Wildman–Crippen MR) is 64.5 cm³/mol. The highest BCUT2D eigenvalue weighted by Crippen LogP contribution is 2.17. The summed E-state index contributed by atoms with van der Waals surface area (Å²) in [5.74, 6) is 0.402. The highest BCUT2D eigenvalue weighted by molar-refractivity contribution is 5.96. The third-order valence-corrected chi connectivity index (χ3v) is 2.40. The van der Waals surface area contributed by atoms with Gasteiger partial charge in [-0.2, -0.15) is 0 Å². The Labute approximate surface area is 97.8 Å². The van der Waals surface area contributed by atoms with Gasteiger partial charge in [0.05, 0.1) is 17.6 Å². The third-order valence-electron chi connectivity index (χ3n) is 2.40. The molecule has 6 heteroatoms. The Morgan fingerprint density at radius 2 is 2.41 bits per heavy atom. The fraction of sp³-hybridized carbons (Fsp3) is 0.273. The van der Waals surface area contributed by atoms with Crippen LogP contribution in [0.2, 0.25) is 0 Å². The lowest BCUT2D eigenvalue weighted by atomic mass is 10.2. The van der Waals surface area contributed by atoms with Crippen LogP contribution >= 0.6 is 0 Å². The fourth-order valence-corrected chi connectivity index (χ4v) is 1.53. The largest absolute Gasteiger partial charge is 0.394 e. The summed E-state index contributed by atoms with van der Waals surface area (Å²) in [6.07, 6.45) is 0. The van der Waals surface area contributed by atoms with Crippen molar-refractivity contribution in [2.24, 2.45) is 5.73 Å². The Hall–Kier alpha value is -1.92. The molecule has 1 aromatic heterocycles. The molecule has 90 valence electrons. The van der Waals surface area contributed by atoms with E-state index in [1.807, 2.05) is 6.92 Å². The number of aliphatic hydroxyl groups is 1. The van der Waals surface area contributed by atoms with Gasteiger partial charge in [0, 0.05) is 5.69 Å². The number of nitrogens with zero attached hydrogens (tertiary/aromatic N) is 1. The van der Waals surface area contributed by atoms with Gasteiger partial charge in [-0.25, -0.2) is 4.98 Å². The molecule has 0 aliphatic carbocycles. The first-order valence-corrected chi connectivity index (χ1v) is 5.24. The summed E-state index contributed by atoms with van der Waals surface area (Å²) in [4.78, 5) is 18.8. The second kappa shape index (κ2) is 4.52. The molecule has 5 N–H and O–H groups in total. The van der Waals surface area contributed by atoms with Crippen LogP contribution in [-0.4, -0.2) is 33.6 Å². The molecule has 0 fully saturated rings. The molecule has 1 amide bonds. The molecule has 6 nitrogen and oxygen atoms in total. The quantitative estimate of drug-likeness (QED) is 0.606. The topological polar surface area (TPSA) is 104 Å². The van der Waals surface area contributed by atoms with E-state index in [0.717, 1.165) is 16.9 Å². The summed E-state index contributed by atoms with van der Waals surface area (Å²) in [5, 5.41) is 11.4. The summed E-state index contributed by atoms with van der Waals surface area (Å²) >= 11 is 0. The maximum atomic E-state index is 11.5. The summed E-state index contributed by atoms with van der Waals surface area (Å²) < 4.78 is 0. The van der Waals surface area contributed by atoms with E-state index in [9.17, 15) is 4.79 Å². The minimum absolute atomic E-state index is 0.378. The zero-order chi connectivity index (χ0) is 12.4. The van der Waals surface area contributed by atoms with Gasteiger partial charge >= 0.3 is 0 Å². The summed E-state index contributed by atoms with van der Waals surface area (Å²) in [6.45, 7) is 1.48. The molecule has 0 spiro atoms. The zero-order valence-electron chi connectivity index (χ0n) is 9.40. The maximum Gasteiger partial charge on any atom is 0.243 e. The Morgan fingerprint density at radius 3 is 3.12 bits per heavy atom. The van der Waals surface area contributed by atoms with Gasteiger partial charge in [-0.1, -0.05) is 0 Å². The zero-order valence-corrected chi connectivity index (χ0v) is 9.40. The second-order valence-electron chi connectivity index (χ2n) is 3.83.